The Morgan fingerprint density at radius 2 is 2.05 bits per heavy atom. The lowest BCUT2D eigenvalue weighted by Crippen LogP contribution is -2.45. The molecular formula is C13H18N6O. The molecule has 1 aliphatic heterocycles. The maximum atomic E-state index is 5.34. The van der Waals surface area contributed by atoms with Crippen LogP contribution in [0.15, 0.2) is 23.2 Å². The van der Waals surface area contributed by atoms with Crippen molar-refractivity contribution in [1.29, 1.82) is 0 Å². The van der Waals surface area contributed by atoms with Crippen LogP contribution in [0.5, 0.6) is 0 Å². The third-order valence-electron chi connectivity index (χ3n) is 3.53. The molecule has 0 bridgehead atoms. The summed E-state index contributed by atoms with van der Waals surface area (Å²) < 4.78 is 5.34. The quantitative estimate of drug-likeness (QED) is 0.886. The van der Waals surface area contributed by atoms with Crippen LogP contribution in [0, 0.1) is 0 Å². The van der Waals surface area contributed by atoms with Gasteiger partial charge in [0.05, 0.1) is 11.6 Å². The van der Waals surface area contributed by atoms with Gasteiger partial charge in [0.2, 0.25) is 0 Å². The maximum absolute atomic E-state index is 5.34. The summed E-state index contributed by atoms with van der Waals surface area (Å²) in [6, 6.07) is 0.208. The second kappa shape index (κ2) is 6.06. The lowest BCUT2D eigenvalue weighted by Gasteiger charge is -2.32. The highest BCUT2D eigenvalue weighted by molar-refractivity contribution is 5.48. The minimum absolute atomic E-state index is 0.208. The summed E-state index contributed by atoms with van der Waals surface area (Å²) in [5, 5.41) is 7.49. The van der Waals surface area contributed by atoms with Crippen molar-refractivity contribution < 1.29 is 4.52 Å². The van der Waals surface area contributed by atoms with Gasteiger partial charge in [0.1, 0.15) is 6.33 Å². The van der Waals surface area contributed by atoms with Crippen LogP contribution in [-0.2, 0) is 0 Å². The monoisotopic (exact) mass is 274 g/mol. The molecule has 0 aliphatic carbocycles. The molecule has 0 spiro atoms. The zero-order valence-electron chi connectivity index (χ0n) is 11.5. The fourth-order valence-corrected chi connectivity index (χ4v) is 2.49. The van der Waals surface area contributed by atoms with E-state index in [1.807, 2.05) is 0 Å². The fraction of sp³-hybridized carbons (Fsp3) is 0.538. The fourth-order valence-electron chi connectivity index (χ4n) is 2.49. The van der Waals surface area contributed by atoms with Crippen molar-refractivity contribution >= 4 is 0 Å². The predicted molar refractivity (Wildman–Crippen MR) is 72.8 cm³/mol. The molecule has 106 valence electrons. The normalized spacial score (nSPS) is 18.1. The molecule has 1 fully saturated rings. The Balaban J connectivity index is 1.80. The van der Waals surface area contributed by atoms with Crippen molar-refractivity contribution in [3.05, 3.63) is 24.5 Å². The topological polar surface area (TPSA) is 80.0 Å². The Kier molecular flexibility index (Phi) is 3.98. The Morgan fingerprint density at radius 3 is 2.75 bits per heavy atom. The maximum Gasteiger partial charge on any atom is 0.261 e. The smallest absolute Gasteiger partial charge is 0.261 e. The number of nitrogens with zero attached hydrogens (tertiary/aromatic N) is 5. The van der Waals surface area contributed by atoms with E-state index in [1.165, 1.54) is 6.33 Å². The highest BCUT2D eigenvalue weighted by atomic mass is 16.5. The van der Waals surface area contributed by atoms with E-state index in [-0.39, 0.29) is 6.04 Å². The molecule has 0 radical (unpaired) electrons. The van der Waals surface area contributed by atoms with Gasteiger partial charge in [-0.1, -0.05) is 12.1 Å². The second-order valence-electron chi connectivity index (χ2n) is 4.79. The molecule has 0 amide bonds. The molecule has 7 nitrogen and oxygen atoms in total. The van der Waals surface area contributed by atoms with E-state index in [2.05, 4.69) is 37.2 Å². The first-order valence-electron chi connectivity index (χ1n) is 6.92. The Labute approximate surface area is 117 Å². The summed E-state index contributed by atoms with van der Waals surface area (Å²) in [6.45, 7) is 6.18. The molecule has 1 atom stereocenters. The van der Waals surface area contributed by atoms with Crippen molar-refractivity contribution in [2.24, 2.45) is 0 Å². The standard InChI is InChI=1S/C13H18N6O/c1-2-11(19-5-3-14-4-6-19)12-17-13(20-18-12)10-7-15-9-16-8-10/h7-9,11,14H,2-6H2,1H3. The molecule has 0 saturated carbocycles. The van der Waals surface area contributed by atoms with Gasteiger partial charge in [0.25, 0.3) is 5.89 Å². The van der Waals surface area contributed by atoms with Crippen molar-refractivity contribution in [3.63, 3.8) is 0 Å². The van der Waals surface area contributed by atoms with E-state index >= 15 is 0 Å². The number of rotatable bonds is 4. The van der Waals surface area contributed by atoms with E-state index in [0.717, 1.165) is 44.0 Å². The van der Waals surface area contributed by atoms with Gasteiger partial charge in [0, 0.05) is 38.6 Å². The molecule has 1 unspecified atom stereocenters. The molecule has 2 aromatic rings. The summed E-state index contributed by atoms with van der Waals surface area (Å²) in [6.07, 6.45) is 5.80. The van der Waals surface area contributed by atoms with E-state index in [4.69, 9.17) is 4.52 Å². The van der Waals surface area contributed by atoms with Gasteiger partial charge in [-0.05, 0) is 6.42 Å². The molecule has 2 aromatic heterocycles. The molecule has 1 aliphatic rings. The van der Waals surface area contributed by atoms with Crippen LogP contribution in [-0.4, -0.2) is 51.2 Å². The molecule has 7 heteroatoms. The van der Waals surface area contributed by atoms with Gasteiger partial charge in [-0.2, -0.15) is 4.98 Å². The first-order valence-corrected chi connectivity index (χ1v) is 6.92. The van der Waals surface area contributed by atoms with Crippen LogP contribution in [0.3, 0.4) is 0 Å². The first-order chi connectivity index (χ1) is 9.88. The summed E-state index contributed by atoms with van der Waals surface area (Å²) in [5.41, 5.74) is 0.751. The second-order valence-corrected chi connectivity index (χ2v) is 4.79. The molecule has 0 aromatic carbocycles. The molecule has 3 rings (SSSR count). The van der Waals surface area contributed by atoms with E-state index in [0.29, 0.717) is 5.89 Å². The molecule has 3 heterocycles. The van der Waals surface area contributed by atoms with Crippen molar-refractivity contribution in [3.8, 4) is 11.5 Å². The number of piperazine rings is 1. The Hall–Kier alpha value is -1.86. The van der Waals surface area contributed by atoms with Gasteiger partial charge >= 0.3 is 0 Å². The van der Waals surface area contributed by atoms with Gasteiger partial charge < -0.3 is 9.84 Å². The van der Waals surface area contributed by atoms with Crippen molar-refractivity contribution in [2.75, 3.05) is 26.2 Å². The number of hydrogen-bond donors (Lipinski definition) is 1. The van der Waals surface area contributed by atoms with Crippen molar-refractivity contribution in [1.82, 2.24) is 30.3 Å². The minimum atomic E-state index is 0.208. The van der Waals surface area contributed by atoms with Gasteiger partial charge in [-0.25, -0.2) is 9.97 Å². The average molecular weight is 274 g/mol. The van der Waals surface area contributed by atoms with Crippen LogP contribution >= 0.6 is 0 Å². The van der Waals surface area contributed by atoms with Crippen LogP contribution in [0.2, 0.25) is 0 Å². The Bertz CT molecular complexity index is 537. The summed E-state index contributed by atoms with van der Waals surface area (Å²) >= 11 is 0. The van der Waals surface area contributed by atoms with Crippen LogP contribution in [0.1, 0.15) is 25.2 Å². The van der Waals surface area contributed by atoms with Crippen LogP contribution < -0.4 is 5.32 Å². The lowest BCUT2D eigenvalue weighted by molar-refractivity contribution is 0.160. The van der Waals surface area contributed by atoms with Gasteiger partial charge in [-0.15, -0.1) is 0 Å². The average Bonchev–Trinajstić information content (AvgIpc) is 3.00. The molecule has 1 N–H and O–H groups in total. The highest BCUT2D eigenvalue weighted by Gasteiger charge is 2.25. The van der Waals surface area contributed by atoms with E-state index < -0.39 is 0 Å². The largest absolute Gasteiger partial charge is 0.334 e. The SMILES string of the molecule is CCC(c1noc(-c2cncnc2)n1)N1CCNCC1. The van der Waals surface area contributed by atoms with E-state index in [1.54, 1.807) is 12.4 Å². The lowest BCUT2D eigenvalue weighted by atomic mass is 10.1. The zero-order chi connectivity index (χ0) is 13.8. The van der Waals surface area contributed by atoms with Gasteiger partial charge in [-0.3, -0.25) is 4.90 Å². The van der Waals surface area contributed by atoms with Crippen LogP contribution in [0.25, 0.3) is 11.5 Å². The number of nitrogens with one attached hydrogen (secondary N) is 1. The summed E-state index contributed by atoms with van der Waals surface area (Å²) in [5.74, 6) is 1.22. The number of hydrogen-bond acceptors (Lipinski definition) is 7. The molecular weight excluding hydrogens is 256 g/mol. The van der Waals surface area contributed by atoms with E-state index in [9.17, 15) is 0 Å². The third kappa shape index (κ3) is 2.68. The minimum Gasteiger partial charge on any atom is -0.334 e. The highest BCUT2D eigenvalue weighted by Crippen LogP contribution is 2.24. The Morgan fingerprint density at radius 1 is 1.30 bits per heavy atom. The molecule has 20 heavy (non-hydrogen) atoms. The zero-order valence-corrected chi connectivity index (χ0v) is 11.5. The molecule has 1 saturated heterocycles. The number of aromatic nitrogens is 4. The first kappa shape index (κ1) is 13.1. The third-order valence-corrected chi connectivity index (χ3v) is 3.53. The summed E-state index contributed by atoms with van der Waals surface area (Å²) in [4.78, 5) is 14.8. The van der Waals surface area contributed by atoms with Gasteiger partial charge in [0.15, 0.2) is 5.82 Å². The van der Waals surface area contributed by atoms with Crippen molar-refractivity contribution in [2.45, 2.75) is 19.4 Å². The van der Waals surface area contributed by atoms with Crippen LogP contribution in [0.4, 0.5) is 0 Å². The predicted octanol–water partition coefficient (Wildman–Crippen LogP) is 0.883. The summed E-state index contributed by atoms with van der Waals surface area (Å²) in [7, 11) is 0.